The summed E-state index contributed by atoms with van der Waals surface area (Å²) >= 11 is 0. The Hall–Kier alpha value is -4.20. The predicted octanol–water partition coefficient (Wildman–Crippen LogP) is -2.96. The van der Waals surface area contributed by atoms with Crippen LogP contribution in [0.3, 0.4) is 0 Å². The van der Waals surface area contributed by atoms with Gasteiger partial charge in [-0.15, -0.1) is 15.3 Å². The maximum Gasteiger partial charge on any atom is 0.272 e. The molecule has 110 valence electrons. The topological polar surface area (TPSA) is 235 Å². The smallest absolute Gasteiger partial charge is 0.272 e. The monoisotopic (exact) mass is 300 g/mol. The molecule has 8 N–H and O–H groups in total. The molecule has 0 unspecified atom stereocenters. The van der Waals surface area contributed by atoms with E-state index in [0.717, 1.165) is 4.68 Å². The van der Waals surface area contributed by atoms with Crippen molar-refractivity contribution >= 4 is 23.8 Å². The quantitative estimate of drug-likeness (QED) is 0.214. The fourth-order valence-electron chi connectivity index (χ4n) is 1.19. The number of H-pyrrole nitrogens is 1. The van der Waals surface area contributed by atoms with Crippen molar-refractivity contribution in [3.8, 4) is 12.1 Å². The van der Waals surface area contributed by atoms with Crippen LogP contribution in [0.2, 0.25) is 0 Å². The average molecular weight is 300 g/mol. The van der Waals surface area contributed by atoms with E-state index in [1.165, 1.54) is 0 Å². The Labute approximate surface area is 122 Å². The van der Waals surface area contributed by atoms with E-state index in [1.807, 2.05) is 0 Å². The number of aromatic nitrogens is 6. The third-order valence-electron chi connectivity index (χ3n) is 2.03. The second-order valence-electron chi connectivity index (χ2n) is 3.49. The summed E-state index contributed by atoms with van der Waals surface area (Å²) in [6, 6.07) is 3.44. The molecule has 2 heterocycles. The van der Waals surface area contributed by atoms with E-state index in [1.54, 1.807) is 12.1 Å². The van der Waals surface area contributed by atoms with E-state index in [-0.39, 0.29) is 35.5 Å². The fraction of sp³-hybridized carbons (Fsp3) is 0. The number of hydrazone groups is 1. The summed E-state index contributed by atoms with van der Waals surface area (Å²) < 4.78 is 0.930. The van der Waals surface area contributed by atoms with Gasteiger partial charge < -0.3 is 17.2 Å². The molecule has 0 radical (unpaired) electrons. The van der Waals surface area contributed by atoms with Gasteiger partial charge >= 0.3 is 0 Å². The number of hydrogen-bond acceptors (Lipinski definition) is 9. The summed E-state index contributed by atoms with van der Waals surface area (Å²) in [5, 5.41) is 30.5. The highest BCUT2D eigenvalue weighted by Gasteiger charge is 2.09. The number of aliphatic imine (C=N–C) groups is 1. The summed E-state index contributed by atoms with van der Waals surface area (Å²) in [7, 11) is 0. The highest BCUT2D eigenvalue weighted by molar-refractivity contribution is 5.85. The lowest BCUT2D eigenvalue weighted by atomic mass is 10.7. The van der Waals surface area contributed by atoms with Gasteiger partial charge in [0.1, 0.15) is 12.1 Å². The number of nitriles is 2. The third-order valence-corrected chi connectivity index (χ3v) is 2.03. The summed E-state index contributed by atoms with van der Waals surface area (Å²) in [5.41, 5.74) is 18.9. The SMILES string of the molecule is N#Cc1nc(N)n(/C(N)=N/N/C(N)=N/c2n[nH]c(C#N)n2)n1. The summed E-state index contributed by atoms with van der Waals surface area (Å²) in [4.78, 5) is 11.0. The molecule has 0 aliphatic heterocycles. The van der Waals surface area contributed by atoms with Crippen LogP contribution in [0.4, 0.5) is 11.9 Å². The number of nitrogens with two attached hydrogens (primary N) is 3. The molecule has 2 aromatic rings. The second kappa shape index (κ2) is 5.84. The molecule has 0 bridgehead atoms. The number of nitrogen functional groups attached to an aromatic ring is 1. The number of guanidine groups is 1. The largest absolute Gasteiger partial charge is 0.368 e. The van der Waals surface area contributed by atoms with Crippen molar-refractivity contribution in [1.82, 2.24) is 35.4 Å². The summed E-state index contributed by atoms with van der Waals surface area (Å²) in [5.74, 6) is -0.802. The Morgan fingerprint density at radius 1 is 1.27 bits per heavy atom. The molecule has 22 heavy (non-hydrogen) atoms. The molecule has 14 nitrogen and oxygen atoms in total. The number of hydrogen-bond donors (Lipinski definition) is 5. The number of rotatable bonds is 2. The predicted molar refractivity (Wildman–Crippen MR) is 71.7 cm³/mol. The first-order valence-electron chi connectivity index (χ1n) is 5.42. The van der Waals surface area contributed by atoms with Crippen molar-refractivity contribution in [3.05, 3.63) is 11.6 Å². The van der Waals surface area contributed by atoms with Gasteiger partial charge in [-0.2, -0.15) is 30.2 Å². The van der Waals surface area contributed by atoms with Gasteiger partial charge in [0.25, 0.3) is 11.8 Å². The highest BCUT2D eigenvalue weighted by atomic mass is 15.5. The zero-order valence-corrected chi connectivity index (χ0v) is 10.8. The normalized spacial score (nSPS) is 11.7. The maximum absolute atomic E-state index is 8.64. The van der Waals surface area contributed by atoms with Gasteiger partial charge in [-0.05, 0) is 0 Å². The van der Waals surface area contributed by atoms with Crippen LogP contribution in [0.5, 0.6) is 0 Å². The van der Waals surface area contributed by atoms with Gasteiger partial charge in [-0.25, -0.2) is 10.5 Å². The van der Waals surface area contributed by atoms with E-state index in [0.29, 0.717) is 0 Å². The van der Waals surface area contributed by atoms with Crippen LogP contribution >= 0.6 is 0 Å². The molecular formula is C8H8N14. The highest BCUT2D eigenvalue weighted by Crippen LogP contribution is 2.01. The van der Waals surface area contributed by atoms with Crippen molar-refractivity contribution in [2.24, 2.45) is 21.6 Å². The lowest BCUT2D eigenvalue weighted by Gasteiger charge is -2.02. The first-order chi connectivity index (χ1) is 10.5. The zero-order chi connectivity index (χ0) is 16.1. The number of anilines is 1. The Balaban J connectivity index is 2.11. The van der Waals surface area contributed by atoms with Gasteiger partial charge in [0, 0.05) is 0 Å². The van der Waals surface area contributed by atoms with Crippen LogP contribution in [0.25, 0.3) is 0 Å². The summed E-state index contributed by atoms with van der Waals surface area (Å²) in [6.45, 7) is 0. The Morgan fingerprint density at radius 2 is 2.05 bits per heavy atom. The van der Waals surface area contributed by atoms with Crippen LogP contribution in [-0.2, 0) is 0 Å². The average Bonchev–Trinajstić information content (AvgIpc) is 3.11. The Morgan fingerprint density at radius 3 is 2.64 bits per heavy atom. The third kappa shape index (κ3) is 3.03. The first-order valence-corrected chi connectivity index (χ1v) is 5.42. The molecule has 0 atom stereocenters. The molecule has 0 spiro atoms. The molecule has 0 saturated heterocycles. The Kier molecular flexibility index (Phi) is 3.77. The molecule has 2 aromatic heterocycles. The van der Waals surface area contributed by atoms with Crippen LogP contribution in [0.1, 0.15) is 11.6 Å². The maximum atomic E-state index is 8.64. The van der Waals surface area contributed by atoms with Gasteiger partial charge in [-0.3, -0.25) is 0 Å². The van der Waals surface area contributed by atoms with Crippen molar-refractivity contribution < 1.29 is 0 Å². The van der Waals surface area contributed by atoms with E-state index in [9.17, 15) is 0 Å². The van der Waals surface area contributed by atoms with Crippen LogP contribution in [0, 0.1) is 22.7 Å². The fourth-order valence-corrected chi connectivity index (χ4v) is 1.19. The number of nitrogens with zero attached hydrogens (tertiary/aromatic N) is 9. The van der Waals surface area contributed by atoms with E-state index in [2.05, 4.69) is 40.8 Å². The lowest BCUT2D eigenvalue weighted by Crippen LogP contribution is -2.33. The molecule has 14 heteroatoms. The minimum Gasteiger partial charge on any atom is -0.368 e. The van der Waals surface area contributed by atoms with Gasteiger partial charge in [0.05, 0.1) is 0 Å². The van der Waals surface area contributed by atoms with Crippen LogP contribution in [0.15, 0.2) is 10.1 Å². The number of aromatic amines is 1. The minimum absolute atomic E-state index is 0.0195. The van der Waals surface area contributed by atoms with Crippen molar-refractivity contribution in [2.45, 2.75) is 0 Å². The van der Waals surface area contributed by atoms with Crippen molar-refractivity contribution in [3.63, 3.8) is 0 Å². The zero-order valence-electron chi connectivity index (χ0n) is 10.8. The standard InChI is InChI=1S/C8H8N14/c9-1-3-15-8(20-17-3)16-5(11)18-19-7(13)22-6(12)14-4(2-10)21-22/h(H2,13,19)(H2,12,14,21)(H4,11,15,16,17,18,20). The van der Waals surface area contributed by atoms with Crippen LogP contribution in [-0.4, -0.2) is 41.9 Å². The summed E-state index contributed by atoms with van der Waals surface area (Å²) in [6.07, 6.45) is 0. The lowest BCUT2D eigenvalue weighted by molar-refractivity contribution is 0.882. The molecule has 0 fully saturated rings. The van der Waals surface area contributed by atoms with Crippen molar-refractivity contribution in [1.29, 1.82) is 10.5 Å². The molecule has 0 saturated carbocycles. The molecule has 0 aliphatic carbocycles. The van der Waals surface area contributed by atoms with E-state index >= 15 is 0 Å². The second-order valence-corrected chi connectivity index (χ2v) is 3.49. The molecule has 2 rings (SSSR count). The number of nitrogens with one attached hydrogen (secondary N) is 2. The molecule has 0 aliphatic rings. The van der Waals surface area contributed by atoms with Crippen LogP contribution < -0.4 is 22.6 Å². The van der Waals surface area contributed by atoms with E-state index < -0.39 is 0 Å². The van der Waals surface area contributed by atoms with Gasteiger partial charge in [-0.1, -0.05) is 0 Å². The molecular weight excluding hydrogens is 292 g/mol. The molecule has 0 amide bonds. The van der Waals surface area contributed by atoms with Gasteiger partial charge in [0.15, 0.2) is 0 Å². The molecule has 0 aromatic carbocycles. The van der Waals surface area contributed by atoms with Crippen molar-refractivity contribution in [2.75, 3.05) is 5.73 Å². The van der Waals surface area contributed by atoms with Gasteiger partial charge in [0.2, 0.25) is 23.7 Å². The van der Waals surface area contributed by atoms with E-state index in [4.69, 9.17) is 27.7 Å². The Bertz CT molecular complexity index is 822. The minimum atomic E-state index is -0.225. The first kappa shape index (κ1) is 14.2.